The highest BCUT2D eigenvalue weighted by atomic mass is 16.1. The lowest BCUT2D eigenvalue weighted by atomic mass is 9.91. The Balaban J connectivity index is 2.01. The molecule has 0 spiro atoms. The topological polar surface area (TPSA) is 38.1 Å². The fourth-order valence-corrected chi connectivity index (χ4v) is 2.91. The average molecular weight is 291 g/mol. The number of likely N-dealkylation sites (tertiary alicyclic amines) is 1. The minimum Gasteiger partial charge on any atom is -0.297 e. The quantitative estimate of drug-likeness (QED) is 0.807. The first-order valence-electron chi connectivity index (χ1n) is 8.27. The van der Waals surface area contributed by atoms with E-state index in [2.05, 4.69) is 37.7 Å². The summed E-state index contributed by atoms with van der Waals surface area (Å²) in [5, 5.41) is 4.56. The van der Waals surface area contributed by atoms with Crippen LogP contribution in [0.1, 0.15) is 65.1 Å². The number of ketones is 1. The second kappa shape index (κ2) is 6.73. The van der Waals surface area contributed by atoms with Gasteiger partial charge in [-0.15, -0.1) is 0 Å². The van der Waals surface area contributed by atoms with Crippen LogP contribution in [0, 0.1) is 0 Å². The van der Waals surface area contributed by atoms with E-state index >= 15 is 0 Å². The summed E-state index contributed by atoms with van der Waals surface area (Å²) < 4.78 is 1.97. The monoisotopic (exact) mass is 291 g/mol. The third-order valence-corrected chi connectivity index (χ3v) is 4.88. The second-order valence-electron chi connectivity index (χ2n) is 6.75. The number of aromatic nitrogens is 2. The van der Waals surface area contributed by atoms with Gasteiger partial charge in [0.2, 0.25) is 0 Å². The molecule has 0 saturated carbocycles. The zero-order valence-electron chi connectivity index (χ0n) is 13.9. The summed E-state index contributed by atoms with van der Waals surface area (Å²) in [5.74, 6) is 0.277. The molecule has 0 N–H and O–H groups in total. The molecule has 21 heavy (non-hydrogen) atoms. The van der Waals surface area contributed by atoms with E-state index in [1.807, 2.05) is 16.9 Å². The molecule has 1 saturated heterocycles. The van der Waals surface area contributed by atoms with Gasteiger partial charge in [-0.2, -0.15) is 5.10 Å². The third-order valence-electron chi connectivity index (χ3n) is 4.88. The van der Waals surface area contributed by atoms with Crippen LogP contribution in [0.5, 0.6) is 0 Å². The zero-order chi connectivity index (χ0) is 15.5. The van der Waals surface area contributed by atoms with Crippen molar-refractivity contribution >= 4 is 5.78 Å². The van der Waals surface area contributed by atoms with Crippen LogP contribution in [-0.4, -0.2) is 39.1 Å². The highest BCUT2D eigenvalue weighted by molar-refractivity contribution is 5.89. The maximum absolute atomic E-state index is 12.7. The summed E-state index contributed by atoms with van der Waals surface area (Å²) in [6.45, 7) is 10.5. The molecule has 0 aliphatic carbocycles. The predicted octanol–water partition coefficient (Wildman–Crippen LogP) is 3.23. The van der Waals surface area contributed by atoms with Crippen LogP contribution in [0.25, 0.3) is 0 Å². The van der Waals surface area contributed by atoms with Crippen LogP contribution >= 0.6 is 0 Å². The Morgan fingerprint density at radius 3 is 2.62 bits per heavy atom. The van der Waals surface area contributed by atoms with E-state index in [9.17, 15) is 4.79 Å². The van der Waals surface area contributed by atoms with E-state index in [1.54, 1.807) is 0 Å². The number of hydrogen-bond donors (Lipinski definition) is 0. The number of rotatable bonds is 6. The van der Waals surface area contributed by atoms with Gasteiger partial charge < -0.3 is 0 Å². The van der Waals surface area contributed by atoms with Crippen molar-refractivity contribution in [3.8, 4) is 0 Å². The van der Waals surface area contributed by atoms with E-state index in [0.29, 0.717) is 12.5 Å². The van der Waals surface area contributed by atoms with E-state index < -0.39 is 0 Å². The molecule has 2 heterocycles. The highest BCUT2D eigenvalue weighted by Gasteiger charge is 2.34. The van der Waals surface area contributed by atoms with Crippen LogP contribution in [-0.2, 0) is 11.2 Å². The Hall–Kier alpha value is -1.16. The first-order valence-corrected chi connectivity index (χ1v) is 8.27. The summed E-state index contributed by atoms with van der Waals surface area (Å²) in [6, 6.07) is 2.38. The standard InChI is InChI=1S/C17H29N3O/c1-5-14(2)20-12-9-15(18-20)13-16(21)17(3,4)19-10-7-6-8-11-19/h9,12,14H,5-8,10-11,13H2,1-4H3. The number of Topliss-reactive ketones (excluding diaryl/α,β-unsaturated/α-hetero) is 1. The summed E-state index contributed by atoms with van der Waals surface area (Å²) in [5.41, 5.74) is 0.519. The average Bonchev–Trinajstić information content (AvgIpc) is 2.95. The van der Waals surface area contributed by atoms with Gasteiger partial charge in [-0.1, -0.05) is 13.3 Å². The van der Waals surface area contributed by atoms with Gasteiger partial charge in [-0.05, 0) is 59.2 Å². The van der Waals surface area contributed by atoms with Gasteiger partial charge in [0.25, 0.3) is 0 Å². The maximum Gasteiger partial charge on any atom is 0.158 e. The molecule has 0 bridgehead atoms. The molecule has 118 valence electrons. The van der Waals surface area contributed by atoms with Crippen molar-refractivity contribution in [1.82, 2.24) is 14.7 Å². The lowest BCUT2D eigenvalue weighted by Gasteiger charge is -2.39. The molecule has 1 unspecified atom stereocenters. The molecule has 1 atom stereocenters. The molecule has 1 aliphatic rings. The molecule has 2 rings (SSSR count). The molecule has 1 aromatic rings. The van der Waals surface area contributed by atoms with Crippen molar-refractivity contribution in [2.45, 2.75) is 71.4 Å². The van der Waals surface area contributed by atoms with E-state index in [-0.39, 0.29) is 11.3 Å². The molecule has 1 aliphatic heterocycles. The van der Waals surface area contributed by atoms with E-state index in [1.165, 1.54) is 19.3 Å². The van der Waals surface area contributed by atoms with Gasteiger partial charge >= 0.3 is 0 Å². The van der Waals surface area contributed by atoms with Gasteiger partial charge in [-0.3, -0.25) is 14.4 Å². The van der Waals surface area contributed by atoms with Crippen LogP contribution in [0.15, 0.2) is 12.3 Å². The zero-order valence-corrected chi connectivity index (χ0v) is 13.9. The molecule has 0 radical (unpaired) electrons. The van der Waals surface area contributed by atoms with Crippen LogP contribution in [0.3, 0.4) is 0 Å². The summed E-state index contributed by atoms with van der Waals surface area (Å²) in [4.78, 5) is 15.0. The fourth-order valence-electron chi connectivity index (χ4n) is 2.91. The van der Waals surface area contributed by atoms with Crippen molar-refractivity contribution in [2.75, 3.05) is 13.1 Å². The maximum atomic E-state index is 12.7. The van der Waals surface area contributed by atoms with Gasteiger partial charge in [-0.25, -0.2) is 0 Å². The Morgan fingerprint density at radius 1 is 1.33 bits per heavy atom. The molecule has 0 amide bonds. The Labute approximate surface area is 128 Å². The van der Waals surface area contributed by atoms with Gasteiger partial charge in [0.1, 0.15) is 0 Å². The molecule has 4 heteroatoms. The number of piperidine rings is 1. The molecular formula is C17H29N3O. The van der Waals surface area contributed by atoms with Crippen LogP contribution in [0.4, 0.5) is 0 Å². The largest absolute Gasteiger partial charge is 0.297 e. The van der Waals surface area contributed by atoms with Crippen LogP contribution in [0.2, 0.25) is 0 Å². The smallest absolute Gasteiger partial charge is 0.158 e. The van der Waals surface area contributed by atoms with Crippen molar-refractivity contribution in [3.05, 3.63) is 18.0 Å². The second-order valence-corrected chi connectivity index (χ2v) is 6.75. The number of nitrogens with zero attached hydrogens (tertiary/aromatic N) is 3. The molecular weight excluding hydrogens is 262 g/mol. The summed E-state index contributed by atoms with van der Waals surface area (Å²) >= 11 is 0. The number of carbonyl (C=O) groups excluding carboxylic acids is 1. The number of carbonyl (C=O) groups is 1. The summed E-state index contributed by atoms with van der Waals surface area (Å²) in [6.07, 6.45) is 7.19. The Bertz CT molecular complexity index is 472. The van der Waals surface area contributed by atoms with E-state index in [0.717, 1.165) is 25.2 Å². The minimum absolute atomic E-state index is 0.277. The minimum atomic E-state index is -0.374. The van der Waals surface area contributed by atoms with Crippen LogP contribution < -0.4 is 0 Å². The predicted molar refractivity (Wildman–Crippen MR) is 85.4 cm³/mol. The molecule has 0 aromatic carbocycles. The molecule has 4 nitrogen and oxygen atoms in total. The first kappa shape index (κ1) is 16.2. The lowest BCUT2D eigenvalue weighted by molar-refractivity contribution is -0.129. The number of hydrogen-bond acceptors (Lipinski definition) is 3. The van der Waals surface area contributed by atoms with Gasteiger partial charge in [0.05, 0.1) is 17.7 Å². The van der Waals surface area contributed by atoms with Crippen molar-refractivity contribution in [1.29, 1.82) is 0 Å². The molecule has 1 aromatic heterocycles. The van der Waals surface area contributed by atoms with Crippen molar-refractivity contribution in [2.24, 2.45) is 0 Å². The molecule has 1 fully saturated rings. The SMILES string of the molecule is CCC(C)n1ccc(CC(=O)C(C)(C)N2CCCCC2)n1. The fraction of sp³-hybridized carbons (Fsp3) is 0.765. The van der Waals surface area contributed by atoms with Gasteiger partial charge in [0, 0.05) is 12.2 Å². The Morgan fingerprint density at radius 2 is 2.00 bits per heavy atom. The first-order chi connectivity index (χ1) is 9.95. The van der Waals surface area contributed by atoms with Crippen molar-refractivity contribution in [3.63, 3.8) is 0 Å². The normalized spacial score (nSPS) is 18.7. The van der Waals surface area contributed by atoms with E-state index in [4.69, 9.17) is 0 Å². The Kier molecular flexibility index (Phi) is 5.20. The van der Waals surface area contributed by atoms with Crippen molar-refractivity contribution < 1.29 is 4.79 Å². The lowest BCUT2D eigenvalue weighted by Crippen LogP contribution is -2.52. The van der Waals surface area contributed by atoms with Gasteiger partial charge in [0.15, 0.2) is 5.78 Å². The summed E-state index contributed by atoms with van der Waals surface area (Å²) in [7, 11) is 0. The third kappa shape index (κ3) is 3.73. The highest BCUT2D eigenvalue weighted by Crippen LogP contribution is 2.23.